The third-order valence-corrected chi connectivity index (χ3v) is 11.7. The number of carbonyl (C=O) groups excluding carboxylic acids is 2. The van der Waals surface area contributed by atoms with E-state index in [-0.39, 0.29) is 29.6 Å². The largest absolute Gasteiger partial charge is 1.00 e. The molecule has 378 valence electrons. The number of ether oxygens (including phenoxy) is 9. The predicted octanol–water partition coefficient (Wildman–Crippen LogP) is -16.9. The van der Waals surface area contributed by atoms with Crippen LogP contribution in [0.2, 0.25) is 0 Å². The van der Waals surface area contributed by atoms with Crippen molar-refractivity contribution in [2.45, 2.75) is 166 Å². The van der Waals surface area contributed by atoms with Gasteiger partial charge >= 0.3 is 29.6 Å². The van der Waals surface area contributed by atoms with Crippen LogP contribution in [-0.4, -0.2) is 291 Å². The van der Waals surface area contributed by atoms with Crippen molar-refractivity contribution in [3.05, 3.63) is 0 Å². The van der Waals surface area contributed by atoms with Gasteiger partial charge in [-0.1, -0.05) is 0 Å². The molecule has 0 saturated carbocycles. The molecule has 0 aromatic carbocycles. The quantitative estimate of drug-likeness (QED) is 0.0567. The first-order chi connectivity index (χ1) is 30.4. The summed E-state index contributed by atoms with van der Waals surface area (Å²) in [6.45, 7) is -4.79. The maximum atomic E-state index is 12.8. The van der Waals surface area contributed by atoms with Crippen LogP contribution in [0.5, 0.6) is 0 Å². The van der Waals surface area contributed by atoms with Gasteiger partial charge in [-0.05, 0) is 0 Å². The number of carboxylic acids is 1. The van der Waals surface area contributed by atoms with Gasteiger partial charge < -0.3 is 145 Å². The minimum atomic E-state index is -3.24. The first-order valence-corrected chi connectivity index (χ1v) is 20.2. The summed E-state index contributed by atoms with van der Waals surface area (Å²) in [5.41, 5.74) is 0. The minimum Gasteiger partial charge on any atom is -0.544 e. The number of aliphatic hydroxyl groups is 17. The van der Waals surface area contributed by atoms with E-state index in [1.165, 1.54) is 0 Å². The molecular weight excluding hydrogens is 921 g/mol. The van der Waals surface area contributed by atoms with Crippen LogP contribution in [0.3, 0.4) is 0 Å². The molecule has 1 amide bonds. The SMILES string of the molecule is CC(=O)N[C@H]1[C@H]([C@@H](O)[C@H](O)CO)O[C@@](O[C@H]2[C@@H](OC[C@H]3O[C@H](OC[C@H]4O[C@H](OC[C@@]5(O)O[C@H](CO)[C@@H](O)[C@@H]5O)[C@H](O)[C@@H](O)[C@@H]4O)[C@H](O)[C@@H](O)[C@H]3O)O[C@H](CO)[C@H](O)[C@@H]2O)(C(=O)[O-])C[C@@H]1O.[Na+]. The van der Waals surface area contributed by atoms with Crippen molar-refractivity contribution in [2.24, 2.45) is 0 Å². The van der Waals surface area contributed by atoms with Crippen LogP contribution >= 0.6 is 0 Å². The van der Waals surface area contributed by atoms with Crippen molar-refractivity contribution in [1.82, 2.24) is 5.32 Å². The molecule has 0 spiro atoms. The second-order valence-electron chi connectivity index (χ2n) is 16.3. The molecule has 18 N–H and O–H groups in total. The van der Waals surface area contributed by atoms with Crippen molar-refractivity contribution in [1.29, 1.82) is 0 Å². The Balaban J connectivity index is 0.00000952. The van der Waals surface area contributed by atoms with Gasteiger partial charge in [-0.15, -0.1) is 0 Å². The molecule has 0 bridgehead atoms. The van der Waals surface area contributed by atoms with Gasteiger partial charge in [-0.25, -0.2) is 0 Å². The molecule has 0 aromatic heterocycles. The van der Waals surface area contributed by atoms with Crippen LogP contribution in [-0.2, 0) is 52.2 Å². The molecule has 5 rings (SSSR count). The van der Waals surface area contributed by atoms with Crippen molar-refractivity contribution in [3.8, 4) is 0 Å². The monoisotopic (exact) mass is 979 g/mol. The Kier molecular flexibility index (Phi) is 20.8. The van der Waals surface area contributed by atoms with E-state index in [9.17, 15) is 102 Å². The average Bonchev–Trinajstić information content (AvgIpc) is 3.49. The molecule has 30 nitrogen and oxygen atoms in total. The first kappa shape index (κ1) is 57.5. The number of carboxylic acid groups (broad SMARTS) is 1. The van der Waals surface area contributed by atoms with E-state index < -0.39 is 210 Å². The Morgan fingerprint density at radius 1 is 0.682 bits per heavy atom. The number of aliphatic carboxylic acids is 1. The van der Waals surface area contributed by atoms with E-state index in [0.29, 0.717) is 0 Å². The number of nitrogens with one attached hydrogen (secondary N) is 1. The number of amides is 1. The standard InChI is InChI=1S/C35H59NO29.Na/c1-9(40)36-16-10(41)2-35(33(54)55,64-27(16)17(43)11(42)3-37)65-28-24(50)18(44)12(4-38)60-32(28)58-7-15-20(46)22(48)25(51)30(61-15)57-6-14-19(45)23(49)26(52)31(62-14)59-8-34(56)29(53)21(47)13(5-39)63-34;/h10-32,37-39,41-53,56H,2-8H2,1H3,(H,36,40)(H,54,55);/q;+1/p-1/t10-,11+,12+,13+,14+,15+,16+,17-,18-,19+,20-,21+,22-,23-,24-,25+,26+,27+,28+,29-,30-,31-,32-,34+,35-;/m0./s1. The molecule has 5 fully saturated rings. The Hall–Kier alpha value is -1.10. The van der Waals surface area contributed by atoms with E-state index in [2.05, 4.69) is 5.32 Å². The van der Waals surface area contributed by atoms with Gasteiger partial charge in [0, 0.05) is 13.3 Å². The second-order valence-corrected chi connectivity index (χ2v) is 16.3. The van der Waals surface area contributed by atoms with E-state index in [0.717, 1.165) is 6.92 Å². The van der Waals surface area contributed by atoms with Crippen LogP contribution in [0.15, 0.2) is 0 Å². The van der Waals surface area contributed by atoms with Gasteiger partial charge in [0.2, 0.25) is 17.5 Å². The van der Waals surface area contributed by atoms with Gasteiger partial charge in [0.25, 0.3) is 0 Å². The fourth-order valence-electron chi connectivity index (χ4n) is 7.88. The molecule has 5 heterocycles. The summed E-state index contributed by atoms with van der Waals surface area (Å²) in [4.78, 5) is 24.7. The van der Waals surface area contributed by atoms with Gasteiger partial charge in [-0.3, -0.25) is 4.79 Å². The predicted molar refractivity (Wildman–Crippen MR) is 193 cm³/mol. The molecule has 0 aliphatic carbocycles. The van der Waals surface area contributed by atoms with E-state index >= 15 is 0 Å². The van der Waals surface area contributed by atoms with Crippen molar-refractivity contribution in [3.63, 3.8) is 0 Å². The summed E-state index contributed by atoms with van der Waals surface area (Å²) in [5.74, 6) is -8.99. The van der Waals surface area contributed by atoms with Crippen molar-refractivity contribution in [2.75, 3.05) is 39.6 Å². The van der Waals surface area contributed by atoms with E-state index in [1.54, 1.807) is 0 Å². The normalized spacial score (nSPS) is 47.4. The summed E-state index contributed by atoms with van der Waals surface area (Å²) in [6.07, 6.45) is -44.5. The Morgan fingerprint density at radius 2 is 1.18 bits per heavy atom. The zero-order valence-electron chi connectivity index (χ0n) is 35.2. The zero-order chi connectivity index (χ0) is 48.5. The topological polar surface area (TPSA) is 496 Å². The third-order valence-electron chi connectivity index (χ3n) is 11.7. The Bertz CT molecular complexity index is 1560. The molecule has 66 heavy (non-hydrogen) atoms. The van der Waals surface area contributed by atoms with Gasteiger partial charge in [0.15, 0.2) is 18.9 Å². The average molecular weight is 980 g/mol. The fourth-order valence-corrected chi connectivity index (χ4v) is 7.88. The molecule has 0 radical (unpaired) electrons. The summed E-state index contributed by atoms with van der Waals surface area (Å²) >= 11 is 0. The smallest absolute Gasteiger partial charge is 0.544 e. The zero-order valence-corrected chi connectivity index (χ0v) is 37.2. The summed E-state index contributed by atoms with van der Waals surface area (Å²) < 4.78 is 49.2. The molecule has 0 aromatic rings. The number of carbonyl (C=O) groups is 2. The van der Waals surface area contributed by atoms with Gasteiger partial charge in [0.05, 0.1) is 45.2 Å². The number of hydrogen-bond acceptors (Lipinski definition) is 29. The third kappa shape index (κ3) is 12.1. The van der Waals surface area contributed by atoms with Crippen molar-refractivity contribution >= 4 is 11.9 Å². The molecule has 0 unspecified atom stereocenters. The molecule has 5 saturated heterocycles. The van der Waals surface area contributed by atoms with E-state index in [4.69, 9.17) is 42.6 Å². The van der Waals surface area contributed by atoms with Crippen molar-refractivity contribution < 1.29 is 174 Å². The van der Waals surface area contributed by atoms with Crippen LogP contribution in [0, 0.1) is 0 Å². The Labute approximate surface area is 395 Å². The minimum absolute atomic E-state index is 0. The van der Waals surface area contributed by atoms with Gasteiger partial charge in [-0.2, -0.15) is 0 Å². The summed E-state index contributed by atoms with van der Waals surface area (Å²) in [6, 6.07) is -1.65. The summed E-state index contributed by atoms with van der Waals surface area (Å²) in [7, 11) is 0. The fraction of sp³-hybridized carbons (Fsp3) is 0.943. The molecule has 5 aliphatic rings. The maximum Gasteiger partial charge on any atom is 1.00 e. The molecule has 25 atom stereocenters. The van der Waals surface area contributed by atoms with Crippen LogP contribution < -0.4 is 40.0 Å². The molecular formula is C35H58NNaO29. The molecule has 31 heteroatoms. The number of rotatable bonds is 18. The van der Waals surface area contributed by atoms with Crippen LogP contribution in [0.4, 0.5) is 0 Å². The number of aliphatic hydroxyl groups excluding tert-OH is 16. The van der Waals surface area contributed by atoms with Gasteiger partial charge in [0.1, 0.15) is 122 Å². The van der Waals surface area contributed by atoms with E-state index in [1.807, 2.05) is 0 Å². The maximum absolute atomic E-state index is 12.8. The van der Waals surface area contributed by atoms with Crippen LogP contribution in [0.25, 0.3) is 0 Å². The molecule has 5 aliphatic heterocycles. The number of hydrogen-bond donors (Lipinski definition) is 18. The Morgan fingerprint density at radius 3 is 1.67 bits per heavy atom. The van der Waals surface area contributed by atoms with Crippen LogP contribution in [0.1, 0.15) is 13.3 Å². The first-order valence-electron chi connectivity index (χ1n) is 20.2. The summed E-state index contributed by atoms with van der Waals surface area (Å²) in [5, 5.41) is 192. The second kappa shape index (κ2) is 23.9.